The molecule has 4 aromatic rings. The topological polar surface area (TPSA) is 53.6 Å². The standard InChI is InChI=1S/C33H37N3O2S/c1-33(2,3)25-13-16-31(38-4)30(21-25)35-32(37)34-29-15-14-26(27-7-5-6-8-28(27)29)24-11-9-23(10-12-24)22-36-17-19-39-20-18-36/h5-16,21H,17-20,22H2,1-4H3,(H2,34,35,37). The van der Waals surface area contributed by atoms with Crippen LogP contribution < -0.4 is 15.4 Å². The molecule has 2 amide bonds. The van der Waals surface area contributed by atoms with Crippen LogP contribution in [0.5, 0.6) is 5.75 Å². The molecule has 202 valence electrons. The Morgan fingerprint density at radius 3 is 2.26 bits per heavy atom. The van der Waals surface area contributed by atoms with Gasteiger partial charge in [0, 0.05) is 36.5 Å². The van der Waals surface area contributed by atoms with Crippen LogP contribution in [0.25, 0.3) is 21.9 Å². The van der Waals surface area contributed by atoms with Gasteiger partial charge in [0.1, 0.15) is 5.75 Å². The zero-order valence-corrected chi connectivity index (χ0v) is 24.0. The average molecular weight is 540 g/mol. The van der Waals surface area contributed by atoms with Crippen LogP contribution in [0.15, 0.2) is 78.9 Å². The number of anilines is 2. The van der Waals surface area contributed by atoms with Crippen LogP contribution in [0, 0.1) is 0 Å². The number of thioether (sulfide) groups is 1. The second kappa shape index (κ2) is 11.7. The highest BCUT2D eigenvalue weighted by molar-refractivity contribution is 7.99. The number of nitrogens with one attached hydrogen (secondary N) is 2. The number of methoxy groups -OCH3 is 1. The molecule has 0 radical (unpaired) electrons. The fourth-order valence-corrected chi connectivity index (χ4v) is 5.99. The number of hydrogen-bond acceptors (Lipinski definition) is 4. The summed E-state index contributed by atoms with van der Waals surface area (Å²) in [5.74, 6) is 3.07. The van der Waals surface area contributed by atoms with E-state index in [-0.39, 0.29) is 11.4 Å². The summed E-state index contributed by atoms with van der Waals surface area (Å²) in [5, 5.41) is 8.15. The predicted molar refractivity (Wildman–Crippen MR) is 166 cm³/mol. The summed E-state index contributed by atoms with van der Waals surface area (Å²) in [5.41, 5.74) is 6.14. The monoisotopic (exact) mass is 539 g/mol. The maximum absolute atomic E-state index is 13.1. The number of benzene rings is 4. The first-order valence-electron chi connectivity index (χ1n) is 13.5. The van der Waals surface area contributed by atoms with E-state index >= 15 is 0 Å². The Balaban J connectivity index is 1.36. The van der Waals surface area contributed by atoms with Gasteiger partial charge in [0.2, 0.25) is 0 Å². The molecule has 1 aliphatic heterocycles. The van der Waals surface area contributed by atoms with Gasteiger partial charge in [-0.15, -0.1) is 0 Å². The van der Waals surface area contributed by atoms with Gasteiger partial charge in [0.05, 0.1) is 18.5 Å². The number of urea groups is 1. The highest BCUT2D eigenvalue weighted by Gasteiger charge is 2.18. The minimum atomic E-state index is -0.308. The molecule has 5 rings (SSSR count). The molecular formula is C33H37N3O2S. The van der Waals surface area contributed by atoms with Crippen molar-refractivity contribution >= 4 is 39.9 Å². The molecule has 4 aromatic carbocycles. The van der Waals surface area contributed by atoms with E-state index in [0.29, 0.717) is 11.4 Å². The van der Waals surface area contributed by atoms with Crippen LogP contribution in [0.2, 0.25) is 0 Å². The summed E-state index contributed by atoms with van der Waals surface area (Å²) < 4.78 is 5.50. The molecule has 0 aromatic heterocycles. The third-order valence-corrected chi connectivity index (χ3v) is 8.20. The minimum absolute atomic E-state index is 0.0455. The SMILES string of the molecule is COc1ccc(C(C)(C)C)cc1NC(=O)Nc1ccc(-c2ccc(CN3CCSCC3)cc2)c2ccccc12. The van der Waals surface area contributed by atoms with E-state index in [4.69, 9.17) is 4.74 Å². The molecular weight excluding hydrogens is 502 g/mol. The van der Waals surface area contributed by atoms with Crippen molar-refractivity contribution in [1.29, 1.82) is 0 Å². The van der Waals surface area contributed by atoms with E-state index in [1.807, 2.05) is 48.2 Å². The van der Waals surface area contributed by atoms with Gasteiger partial charge in [0.25, 0.3) is 0 Å². The first kappa shape index (κ1) is 27.1. The van der Waals surface area contributed by atoms with Crippen molar-refractivity contribution in [3.8, 4) is 16.9 Å². The van der Waals surface area contributed by atoms with Gasteiger partial charge in [-0.05, 0) is 51.3 Å². The summed E-state index contributed by atoms with van der Waals surface area (Å²) in [6.45, 7) is 9.76. The lowest BCUT2D eigenvalue weighted by molar-refractivity contribution is 0.262. The number of nitrogens with zero attached hydrogens (tertiary/aromatic N) is 1. The second-order valence-corrected chi connectivity index (χ2v) is 12.3. The largest absolute Gasteiger partial charge is 0.495 e. The summed E-state index contributed by atoms with van der Waals surface area (Å²) in [6, 6.07) is 26.8. The number of hydrogen-bond donors (Lipinski definition) is 2. The molecule has 2 N–H and O–H groups in total. The lowest BCUT2D eigenvalue weighted by atomic mass is 9.87. The molecule has 1 fully saturated rings. The van der Waals surface area contributed by atoms with Crippen LogP contribution >= 0.6 is 11.8 Å². The Labute approximate surface area is 235 Å². The summed E-state index contributed by atoms with van der Waals surface area (Å²) in [4.78, 5) is 15.7. The van der Waals surface area contributed by atoms with Crippen LogP contribution in [-0.2, 0) is 12.0 Å². The molecule has 0 spiro atoms. The average Bonchev–Trinajstić information content (AvgIpc) is 2.94. The molecule has 0 saturated carbocycles. The van der Waals surface area contributed by atoms with E-state index < -0.39 is 0 Å². The smallest absolute Gasteiger partial charge is 0.323 e. The van der Waals surface area contributed by atoms with E-state index in [1.54, 1.807) is 7.11 Å². The molecule has 1 saturated heterocycles. The second-order valence-electron chi connectivity index (χ2n) is 11.0. The van der Waals surface area contributed by atoms with Crippen molar-refractivity contribution in [1.82, 2.24) is 4.90 Å². The third kappa shape index (κ3) is 6.40. The zero-order chi connectivity index (χ0) is 27.4. The van der Waals surface area contributed by atoms with E-state index in [0.717, 1.165) is 47.2 Å². The van der Waals surface area contributed by atoms with E-state index in [9.17, 15) is 4.79 Å². The van der Waals surface area contributed by atoms with E-state index in [2.05, 4.69) is 78.8 Å². The van der Waals surface area contributed by atoms with Crippen LogP contribution in [0.3, 0.4) is 0 Å². The molecule has 0 bridgehead atoms. The van der Waals surface area contributed by atoms with Gasteiger partial charge >= 0.3 is 6.03 Å². The maximum Gasteiger partial charge on any atom is 0.323 e. The number of ether oxygens (including phenoxy) is 1. The first-order chi connectivity index (χ1) is 18.8. The summed E-state index contributed by atoms with van der Waals surface area (Å²) in [6.07, 6.45) is 0. The van der Waals surface area contributed by atoms with Crippen molar-refractivity contribution < 1.29 is 9.53 Å². The van der Waals surface area contributed by atoms with Crippen molar-refractivity contribution in [2.24, 2.45) is 0 Å². The van der Waals surface area contributed by atoms with Crippen molar-refractivity contribution in [3.05, 3.63) is 90.0 Å². The molecule has 5 nitrogen and oxygen atoms in total. The maximum atomic E-state index is 13.1. The molecule has 39 heavy (non-hydrogen) atoms. The fraction of sp³-hybridized carbons (Fsp3) is 0.303. The Kier molecular flexibility index (Phi) is 8.15. The molecule has 0 unspecified atom stereocenters. The highest BCUT2D eigenvalue weighted by atomic mass is 32.2. The van der Waals surface area contributed by atoms with Gasteiger partial charge < -0.3 is 15.4 Å². The van der Waals surface area contributed by atoms with Gasteiger partial charge in [-0.25, -0.2) is 4.79 Å². The third-order valence-electron chi connectivity index (χ3n) is 7.26. The van der Waals surface area contributed by atoms with Gasteiger partial charge in [0.15, 0.2) is 0 Å². The quantitative estimate of drug-likeness (QED) is 0.261. The number of amides is 2. The highest BCUT2D eigenvalue weighted by Crippen LogP contribution is 2.35. The van der Waals surface area contributed by atoms with Gasteiger partial charge in [-0.3, -0.25) is 4.90 Å². The number of carbonyl (C=O) groups is 1. The fourth-order valence-electron chi connectivity index (χ4n) is 5.02. The molecule has 1 heterocycles. The summed E-state index contributed by atoms with van der Waals surface area (Å²) >= 11 is 2.04. The lowest BCUT2D eigenvalue weighted by Gasteiger charge is -2.26. The number of rotatable bonds is 6. The van der Waals surface area contributed by atoms with E-state index in [1.165, 1.54) is 22.6 Å². The van der Waals surface area contributed by atoms with Gasteiger partial charge in [-0.2, -0.15) is 11.8 Å². The Bertz CT molecular complexity index is 1450. The van der Waals surface area contributed by atoms with Crippen molar-refractivity contribution in [3.63, 3.8) is 0 Å². The normalized spacial score (nSPS) is 14.3. The zero-order valence-electron chi connectivity index (χ0n) is 23.2. The number of fused-ring (bicyclic) bond motifs is 1. The Morgan fingerprint density at radius 2 is 1.56 bits per heavy atom. The Morgan fingerprint density at radius 1 is 0.872 bits per heavy atom. The predicted octanol–water partition coefficient (Wildman–Crippen LogP) is 8.01. The van der Waals surface area contributed by atoms with Crippen LogP contribution in [-0.4, -0.2) is 42.6 Å². The van der Waals surface area contributed by atoms with Gasteiger partial charge in [-0.1, -0.05) is 81.4 Å². The lowest BCUT2D eigenvalue weighted by Crippen LogP contribution is -2.31. The Hall–Kier alpha value is -3.48. The van der Waals surface area contributed by atoms with Crippen LogP contribution in [0.1, 0.15) is 31.9 Å². The molecule has 0 atom stereocenters. The molecule has 0 aliphatic carbocycles. The van der Waals surface area contributed by atoms with Crippen LogP contribution in [0.4, 0.5) is 16.2 Å². The molecule has 1 aliphatic rings. The first-order valence-corrected chi connectivity index (χ1v) is 14.6. The minimum Gasteiger partial charge on any atom is -0.495 e. The van der Waals surface area contributed by atoms with Crippen molar-refractivity contribution in [2.45, 2.75) is 32.7 Å². The summed E-state index contributed by atoms with van der Waals surface area (Å²) in [7, 11) is 1.61. The molecule has 6 heteroatoms. The number of carbonyl (C=O) groups excluding carboxylic acids is 1. The van der Waals surface area contributed by atoms with Crippen molar-refractivity contribution in [2.75, 3.05) is 42.3 Å².